The molecular formula is C15H21NO3S. The molecule has 0 aliphatic rings. The van der Waals surface area contributed by atoms with Gasteiger partial charge in [-0.3, -0.25) is 0 Å². The third kappa shape index (κ3) is 4.34. The molecule has 0 amide bonds. The standard InChI is InChI=1S/C15H21NO3S/c1-12(15(2,3)4)16-20(18,19)14-10-6-5-8-13(14)9-7-11-17/h5-6,8,10,12,16-17H,11H2,1-4H3. The molecule has 1 rings (SSSR count). The van der Waals surface area contributed by atoms with Gasteiger partial charge in [0.05, 0.1) is 4.90 Å². The zero-order valence-electron chi connectivity index (χ0n) is 12.3. The highest BCUT2D eigenvalue weighted by Gasteiger charge is 2.26. The van der Waals surface area contributed by atoms with Crippen molar-refractivity contribution >= 4 is 10.0 Å². The molecule has 20 heavy (non-hydrogen) atoms. The Morgan fingerprint density at radius 2 is 1.90 bits per heavy atom. The van der Waals surface area contributed by atoms with E-state index in [1.54, 1.807) is 18.2 Å². The summed E-state index contributed by atoms with van der Waals surface area (Å²) in [7, 11) is -3.64. The number of benzene rings is 1. The summed E-state index contributed by atoms with van der Waals surface area (Å²) in [6.07, 6.45) is 0. The fraction of sp³-hybridized carbons (Fsp3) is 0.467. The lowest BCUT2D eigenvalue weighted by Gasteiger charge is -2.28. The molecule has 110 valence electrons. The minimum absolute atomic E-state index is 0.136. The van der Waals surface area contributed by atoms with Crippen LogP contribution in [-0.2, 0) is 10.0 Å². The van der Waals surface area contributed by atoms with E-state index in [-0.39, 0.29) is 23.0 Å². The van der Waals surface area contributed by atoms with Crippen molar-refractivity contribution in [1.29, 1.82) is 0 Å². The molecule has 2 N–H and O–H groups in total. The van der Waals surface area contributed by atoms with Crippen molar-refractivity contribution < 1.29 is 13.5 Å². The molecule has 0 aliphatic heterocycles. The molecule has 1 aromatic carbocycles. The van der Waals surface area contributed by atoms with Gasteiger partial charge in [0.1, 0.15) is 6.61 Å². The molecule has 1 unspecified atom stereocenters. The van der Waals surface area contributed by atoms with E-state index < -0.39 is 10.0 Å². The third-order valence-electron chi connectivity index (χ3n) is 3.11. The molecule has 0 heterocycles. The van der Waals surface area contributed by atoms with Crippen LogP contribution in [0.1, 0.15) is 33.3 Å². The maximum absolute atomic E-state index is 12.4. The smallest absolute Gasteiger partial charge is 0.242 e. The highest BCUT2D eigenvalue weighted by molar-refractivity contribution is 7.89. The van der Waals surface area contributed by atoms with Gasteiger partial charge in [-0.2, -0.15) is 0 Å². The average Bonchev–Trinajstić information content (AvgIpc) is 2.35. The molecule has 0 aromatic heterocycles. The largest absolute Gasteiger partial charge is 0.384 e. The first-order valence-corrected chi connectivity index (χ1v) is 7.88. The second-order valence-electron chi connectivity index (χ2n) is 5.67. The van der Waals surface area contributed by atoms with Crippen molar-refractivity contribution in [3.05, 3.63) is 29.8 Å². The van der Waals surface area contributed by atoms with Crippen LogP contribution >= 0.6 is 0 Å². The first-order valence-electron chi connectivity index (χ1n) is 6.39. The first-order chi connectivity index (χ1) is 9.18. The molecular weight excluding hydrogens is 274 g/mol. The summed E-state index contributed by atoms with van der Waals surface area (Å²) in [5.41, 5.74) is 0.203. The van der Waals surface area contributed by atoms with Gasteiger partial charge in [0.25, 0.3) is 0 Å². The molecule has 4 nitrogen and oxygen atoms in total. The molecule has 0 saturated heterocycles. The summed E-state index contributed by atoms with van der Waals surface area (Å²) >= 11 is 0. The first kappa shape index (κ1) is 16.7. The van der Waals surface area contributed by atoms with Gasteiger partial charge >= 0.3 is 0 Å². The van der Waals surface area contributed by atoms with Crippen LogP contribution in [0, 0.1) is 17.3 Å². The van der Waals surface area contributed by atoms with E-state index in [0.717, 1.165) is 0 Å². The average molecular weight is 295 g/mol. The summed E-state index contributed by atoms with van der Waals surface area (Å²) in [6, 6.07) is 6.29. The van der Waals surface area contributed by atoms with Gasteiger partial charge < -0.3 is 5.11 Å². The number of aliphatic hydroxyl groups excluding tert-OH is 1. The van der Waals surface area contributed by atoms with Crippen molar-refractivity contribution in [1.82, 2.24) is 4.72 Å². The Bertz CT molecular complexity index is 618. The normalized spacial score (nSPS) is 13.4. The highest BCUT2D eigenvalue weighted by Crippen LogP contribution is 2.22. The Kier molecular flexibility index (Phi) is 5.35. The Balaban J connectivity index is 3.17. The number of sulfonamides is 1. The highest BCUT2D eigenvalue weighted by atomic mass is 32.2. The topological polar surface area (TPSA) is 66.4 Å². The van der Waals surface area contributed by atoms with Gasteiger partial charge in [-0.15, -0.1) is 0 Å². The van der Waals surface area contributed by atoms with Crippen LogP contribution in [0.4, 0.5) is 0 Å². The fourth-order valence-electron chi connectivity index (χ4n) is 1.41. The minimum Gasteiger partial charge on any atom is -0.384 e. The van der Waals surface area contributed by atoms with Gasteiger partial charge in [-0.1, -0.05) is 44.7 Å². The summed E-state index contributed by atoms with van der Waals surface area (Å²) in [4.78, 5) is 0.136. The molecule has 0 fully saturated rings. The van der Waals surface area contributed by atoms with E-state index >= 15 is 0 Å². The third-order valence-corrected chi connectivity index (χ3v) is 4.71. The second-order valence-corrected chi connectivity index (χ2v) is 7.35. The van der Waals surface area contributed by atoms with Gasteiger partial charge in [-0.05, 0) is 24.5 Å². The van der Waals surface area contributed by atoms with Gasteiger partial charge in [0.2, 0.25) is 10.0 Å². The number of rotatable bonds is 3. The predicted octanol–water partition coefficient (Wildman–Crippen LogP) is 1.74. The number of hydrogen-bond acceptors (Lipinski definition) is 3. The van der Waals surface area contributed by atoms with E-state index in [9.17, 15) is 8.42 Å². The zero-order valence-corrected chi connectivity index (χ0v) is 13.1. The lowest BCUT2D eigenvalue weighted by molar-refractivity contribution is 0.317. The molecule has 5 heteroatoms. The zero-order chi connectivity index (χ0) is 15.4. The number of nitrogens with one attached hydrogen (secondary N) is 1. The van der Waals surface area contributed by atoms with Gasteiger partial charge in [0, 0.05) is 11.6 Å². The second kappa shape index (κ2) is 6.40. The summed E-state index contributed by atoms with van der Waals surface area (Å²) in [6.45, 7) is 7.44. The van der Waals surface area contributed by atoms with E-state index in [1.807, 2.05) is 27.7 Å². The van der Waals surface area contributed by atoms with Crippen LogP contribution in [0.5, 0.6) is 0 Å². The Hall–Kier alpha value is -1.35. The summed E-state index contributed by atoms with van der Waals surface area (Å²) < 4.78 is 27.5. The SMILES string of the molecule is CC(NS(=O)(=O)c1ccccc1C#CCO)C(C)(C)C. The van der Waals surface area contributed by atoms with Crippen LogP contribution in [0.2, 0.25) is 0 Å². The molecule has 0 radical (unpaired) electrons. The molecule has 0 aliphatic carbocycles. The predicted molar refractivity (Wildman–Crippen MR) is 79.6 cm³/mol. The van der Waals surface area contributed by atoms with E-state index in [2.05, 4.69) is 16.6 Å². The van der Waals surface area contributed by atoms with Gasteiger partial charge in [-0.25, -0.2) is 13.1 Å². The van der Waals surface area contributed by atoms with E-state index in [4.69, 9.17) is 5.11 Å². The summed E-state index contributed by atoms with van der Waals surface area (Å²) in [5.74, 6) is 5.14. The molecule has 0 bridgehead atoms. The minimum atomic E-state index is -3.64. The van der Waals surface area contributed by atoms with Crippen LogP contribution in [0.3, 0.4) is 0 Å². The molecule has 0 saturated carbocycles. The van der Waals surface area contributed by atoms with Crippen LogP contribution in [0.25, 0.3) is 0 Å². The fourth-order valence-corrected chi connectivity index (χ4v) is 3.02. The van der Waals surface area contributed by atoms with Crippen LogP contribution in [0.15, 0.2) is 29.2 Å². The lowest BCUT2D eigenvalue weighted by Crippen LogP contribution is -2.41. The number of hydrogen-bond donors (Lipinski definition) is 2. The Labute approximate surface area is 121 Å². The van der Waals surface area contributed by atoms with Gasteiger partial charge in [0.15, 0.2) is 0 Å². The maximum Gasteiger partial charge on any atom is 0.242 e. The van der Waals surface area contributed by atoms with E-state index in [0.29, 0.717) is 5.56 Å². The van der Waals surface area contributed by atoms with Crippen molar-refractivity contribution in [2.45, 2.75) is 38.6 Å². The maximum atomic E-state index is 12.4. The molecule has 1 aromatic rings. The van der Waals surface area contributed by atoms with Crippen molar-refractivity contribution in [2.24, 2.45) is 5.41 Å². The van der Waals surface area contributed by atoms with Crippen molar-refractivity contribution in [3.63, 3.8) is 0 Å². The van der Waals surface area contributed by atoms with Crippen LogP contribution in [-0.4, -0.2) is 26.2 Å². The summed E-state index contributed by atoms with van der Waals surface area (Å²) in [5, 5.41) is 8.73. The van der Waals surface area contributed by atoms with Crippen molar-refractivity contribution in [3.8, 4) is 11.8 Å². The van der Waals surface area contributed by atoms with E-state index in [1.165, 1.54) is 6.07 Å². The number of aliphatic hydroxyl groups is 1. The molecule has 0 spiro atoms. The Morgan fingerprint density at radius 3 is 2.45 bits per heavy atom. The van der Waals surface area contributed by atoms with Crippen LogP contribution < -0.4 is 4.72 Å². The molecule has 1 atom stereocenters. The lowest BCUT2D eigenvalue weighted by atomic mass is 9.89. The van der Waals surface area contributed by atoms with Crippen molar-refractivity contribution in [2.75, 3.05) is 6.61 Å². The quantitative estimate of drug-likeness (QED) is 0.835. The monoisotopic (exact) mass is 295 g/mol. The Morgan fingerprint density at radius 1 is 1.30 bits per heavy atom.